The maximum Gasteiger partial charge on any atom is 0.192 e. The summed E-state index contributed by atoms with van der Waals surface area (Å²) in [4.78, 5) is 12.7. The van der Waals surface area contributed by atoms with Crippen molar-refractivity contribution in [3.63, 3.8) is 0 Å². The summed E-state index contributed by atoms with van der Waals surface area (Å²) in [5, 5.41) is 2.43. The van der Waals surface area contributed by atoms with Crippen LogP contribution in [-0.2, 0) is 17.6 Å². The second-order valence-corrected chi connectivity index (χ2v) is 5.99. The van der Waals surface area contributed by atoms with Gasteiger partial charge in [-0.25, -0.2) is 0 Å². The Labute approximate surface area is 118 Å². The molecule has 1 saturated heterocycles. The van der Waals surface area contributed by atoms with E-state index in [0.717, 1.165) is 36.6 Å². The van der Waals surface area contributed by atoms with Crippen molar-refractivity contribution >= 4 is 16.6 Å². The van der Waals surface area contributed by atoms with E-state index in [-0.39, 0.29) is 18.0 Å². The highest BCUT2D eigenvalue weighted by Gasteiger charge is 2.30. The average Bonchev–Trinajstić information content (AvgIpc) is 3.07. The number of hydrogen-bond donors (Lipinski definition) is 0. The monoisotopic (exact) mass is 266 g/mol. The van der Waals surface area contributed by atoms with Crippen molar-refractivity contribution in [2.24, 2.45) is 0 Å². The summed E-state index contributed by atoms with van der Waals surface area (Å²) in [5.74, 6) is 0.157. The van der Waals surface area contributed by atoms with Gasteiger partial charge in [0.2, 0.25) is 0 Å². The van der Waals surface area contributed by atoms with Gasteiger partial charge in [-0.1, -0.05) is 30.3 Å². The number of benzene rings is 2. The molecule has 2 heteroatoms. The van der Waals surface area contributed by atoms with E-state index in [9.17, 15) is 4.79 Å². The van der Waals surface area contributed by atoms with Crippen LogP contribution in [0.25, 0.3) is 10.8 Å². The predicted octanol–water partition coefficient (Wildman–Crippen LogP) is 3.69. The number of ketones is 1. The van der Waals surface area contributed by atoms with Gasteiger partial charge in [-0.05, 0) is 54.5 Å². The molecule has 2 aliphatic rings. The normalized spacial score (nSPS) is 24.4. The molecule has 2 unspecified atom stereocenters. The first-order chi connectivity index (χ1) is 9.74. The third-order valence-corrected chi connectivity index (χ3v) is 4.67. The lowest BCUT2D eigenvalue weighted by atomic mass is 9.95. The Morgan fingerprint density at radius 1 is 1.10 bits per heavy atom. The molecule has 20 heavy (non-hydrogen) atoms. The van der Waals surface area contributed by atoms with Crippen molar-refractivity contribution in [3.8, 4) is 0 Å². The third-order valence-electron chi connectivity index (χ3n) is 4.67. The predicted molar refractivity (Wildman–Crippen MR) is 79.3 cm³/mol. The van der Waals surface area contributed by atoms with Crippen LogP contribution in [0.4, 0.5) is 0 Å². The van der Waals surface area contributed by atoms with Crippen LogP contribution in [0.15, 0.2) is 30.3 Å². The number of Topliss-reactive ketones (excluding diaryl/α,β-unsaturated/α-hetero) is 1. The highest BCUT2D eigenvalue weighted by molar-refractivity contribution is 6.11. The second kappa shape index (κ2) is 4.42. The zero-order valence-corrected chi connectivity index (χ0v) is 11.7. The number of rotatable bonds is 2. The Balaban J connectivity index is 1.83. The van der Waals surface area contributed by atoms with Gasteiger partial charge in [0.05, 0.1) is 6.10 Å². The standard InChI is InChI=1S/C18H18O2/c1-11-5-10-16(20-11)18(19)15-9-8-13-7-6-12-3-2-4-14(15)17(12)13/h2-4,8-9,11,16H,5-7,10H2,1H3. The van der Waals surface area contributed by atoms with Gasteiger partial charge < -0.3 is 4.74 Å². The molecule has 1 aliphatic heterocycles. The SMILES string of the molecule is CC1CCC(C(=O)c2ccc3c4c(cccc24)CC3)O1. The van der Waals surface area contributed by atoms with Crippen molar-refractivity contribution in [3.05, 3.63) is 47.0 Å². The van der Waals surface area contributed by atoms with Crippen LogP contribution in [0.3, 0.4) is 0 Å². The maximum absolute atomic E-state index is 12.7. The van der Waals surface area contributed by atoms with Gasteiger partial charge in [-0.2, -0.15) is 0 Å². The van der Waals surface area contributed by atoms with E-state index in [1.54, 1.807) is 0 Å². The maximum atomic E-state index is 12.7. The first-order valence-electron chi connectivity index (χ1n) is 7.47. The number of carbonyl (C=O) groups excluding carboxylic acids is 1. The summed E-state index contributed by atoms with van der Waals surface area (Å²) >= 11 is 0. The van der Waals surface area contributed by atoms with E-state index in [2.05, 4.69) is 24.3 Å². The minimum Gasteiger partial charge on any atom is -0.367 e. The largest absolute Gasteiger partial charge is 0.367 e. The minimum atomic E-state index is -0.247. The van der Waals surface area contributed by atoms with E-state index >= 15 is 0 Å². The van der Waals surface area contributed by atoms with E-state index in [4.69, 9.17) is 4.74 Å². The molecule has 2 aromatic carbocycles. The Bertz CT molecular complexity index is 692. The Morgan fingerprint density at radius 3 is 2.65 bits per heavy atom. The molecule has 0 saturated carbocycles. The summed E-state index contributed by atoms with van der Waals surface area (Å²) in [6, 6.07) is 10.5. The van der Waals surface area contributed by atoms with Crippen LogP contribution in [0, 0.1) is 0 Å². The molecular formula is C18H18O2. The molecule has 1 fully saturated rings. The van der Waals surface area contributed by atoms with E-state index in [1.165, 1.54) is 16.5 Å². The fraction of sp³-hybridized carbons (Fsp3) is 0.389. The topological polar surface area (TPSA) is 26.3 Å². The number of carbonyl (C=O) groups is 1. The van der Waals surface area contributed by atoms with Gasteiger partial charge in [-0.3, -0.25) is 4.79 Å². The molecule has 1 aliphatic carbocycles. The molecular weight excluding hydrogens is 248 g/mol. The minimum absolute atomic E-state index is 0.157. The van der Waals surface area contributed by atoms with Crippen LogP contribution >= 0.6 is 0 Å². The lowest BCUT2D eigenvalue weighted by Gasteiger charge is -2.13. The van der Waals surface area contributed by atoms with Gasteiger partial charge in [0.25, 0.3) is 0 Å². The Morgan fingerprint density at radius 2 is 1.90 bits per heavy atom. The van der Waals surface area contributed by atoms with E-state index < -0.39 is 0 Å². The summed E-state index contributed by atoms with van der Waals surface area (Å²) in [6.07, 6.45) is 3.99. The summed E-state index contributed by atoms with van der Waals surface area (Å²) in [6.45, 7) is 2.04. The van der Waals surface area contributed by atoms with E-state index in [0.29, 0.717) is 0 Å². The molecule has 2 aromatic rings. The zero-order valence-electron chi connectivity index (χ0n) is 11.7. The van der Waals surface area contributed by atoms with Gasteiger partial charge in [0.15, 0.2) is 5.78 Å². The molecule has 102 valence electrons. The van der Waals surface area contributed by atoms with Gasteiger partial charge in [-0.15, -0.1) is 0 Å². The lowest BCUT2D eigenvalue weighted by Crippen LogP contribution is -2.21. The van der Waals surface area contributed by atoms with Crippen molar-refractivity contribution in [1.82, 2.24) is 0 Å². The molecule has 0 spiro atoms. The number of ether oxygens (including phenoxy) is 1. The molecule has 2 atom stereocenters. The molecule has 0 amide bonds. The fourth-order valence-electron chi connectivity index (χ4n) is 3.63. The van der Waals surface area contributed by atoms with Gasteiger partial charge >= 0.3 is 0 Å². The van der Waals surface area contributed by atoms with Crippen molar-refractivity contribution in [2.45, 2.75) is 44.8 Å². The smallest absolute Gasteiger partial charge is 0.192 e. The van der Waals surface area contributed by atoms with Gasteiger partial charge in [0.1, 0.15) is 6.10 Å². The first-order valence-corrected chi connectivity index (χ1v) is 7.47. The molecule has 0 N–H and O–H groups in total. The highest BCUT2D eigenvalue weighted by atomic mass is 16.5. The summed E-state index contributed by atoms with van der Waals surface area (Å²) in [7, 11) is 0. The average molecular weight is 266 g/mol. The molecule has 4 rings (SSSR count). The molecule has 0 aromatic heterocycles. The zero-order chi connectivity index (χ0) is 13.7. The Hall–Kier alpha value is -1.67. The molecule has 1 heterocycles. The highest BCUT2D eigenvalue weighted by Crippen LogP contribution is 2.34. The molecule has 2 nitrogen and oxygen atoms in total. The van der Waals surface area contributed by atoms with Crippen LogP contribution in [0.2, 0.25) is 0 Å². The van der Waals surface area contributed by atoms with Crippen LogP contribution < -0.4 is 0 Å². The van der Waals surface area contributed by atoms with Crippen LogP contribution in [0.1, 0.15) is 41.3 Å². The lowest BCUT2D eigenvalue weighted by molar-refractivity contribution is 0.0435. The van der Waals surface area contributed by atoms with Gasteiger partial charge in [0, 0.05) is 5.56 Å². The quantitative estimate of drug-likeness (QED) is 0.775. The second-order valence-electron chi connectivity index (χ2n) is 5.99. The number of hydrogen-bond acceptors (Lipinski definition) is 2. The molecule has 0 bridgehead atoms. The first kappa shape index (κ1) is 12.1. The number of aryl methyl sites for hydroxylation is 2. The van der Waals surface area contributed by atoms with Crippen molar-refractivity contribution in [2.75, 3.05) is 0 Å². The van der Waals surface area contributed by atoms with Crippen molar-refractivity contribution < 1.29 is 9.53 Å². The molecule has 0 radical (unpaired) electrons. The van der Waals surface area contributed by atoms with Crippen LogP contribution in [-0.4, -0.2) is 18.0 Å². The Kier molecular flexibility index (Phi) is 2.67. The summed E-state index contributed by atoms with van der Waals surface area (Å²) in [5.41, 5.74) is 3.60. The van der Waals surface area contributed by atoms with Crippen molar-refractivity contribution in [1.29, 1.82) is 0 Å². The third kappa shape index (κ3) is 1.71. The van der Waals surface area contributed by atoms with E-state index in [1.807, 2.05) is 13.0 Å². The van der Waals surface area contributed by atoms with Crippen LogP contribution in [0.5, 0.6) is 0 Å². The fourth-order valence-corrected chi connectivity index (χ4v) is 3.63. The summed E-state index contributed by atoms with van der Waals surface area (Å²) < 4.78 is 5.75.